The average molecular weight is 299 g/mol. The average Bonchev–Trinajstić information content (AvgIpc) is 2.46. The van der Waals surface area contributed by atoms with Crippen molar-refractivity contribution >= 4 is 11.7 Å². The quantitative estimate of drug-likeness (QED) is 0.465. The third-order valence-electron chi connectivity index (χ3n) is 2.52. The van der Waals surface area contributed by atoms with Crippen LogP contribution in [0.15, 0.2) is 18.2 Å². The largest absolute Gasteiger partial charge is 0.490 e. The van der Waals surface area contributed by atoms with Gasteiger partial charge in [0.2, 0.25) is 0 Å². The zero-order chi connectivity index (χ0) is 15.5. The van der Waals surface area contributed by atoms with Gasteiger partial charge in [-0.2, -0.15) is 0 Å². The molecule has 0 atom stereocenters. The van der Waals surface area contributed by atoms with E-state index in [0.717, 1.165) is 0 Å². The number of rotatable bonds is 11. The fourth-order valence-corrected chi connectivity index (χ4v) is 1.52. The van der Waals surface area contributed by atoms with Crippen molar-refractivity contribution in [1.29, 1.82) is 0 Å². The molecule has 0 saturated carbocycles. The molecule has 0 bridgehead atoms. The lowest BCUT2D eigenvalue weighted by atomic mass is 10.2. The van der Waals surface area contributed by atoms with Crippen molar-refractivity contribution < 1.29 is 28.8 Å². The normalized spacial score (nSPS) is 10.5. The number of benzene rings is 1. The van der Waals surface area contributed by atoms with Gasteiger partial charge in [0.15, 0.2) is 0 Å². The SMILES string of the molecule is COCCOCCOCCOc1ccc(N)cc1C(=O)O. The van der Waals surface area contributed by atoms with E-state index in [0.29, 0.717) is 38.7 Å². The molecular weight excluding hydrogens is 278 g/mol. The van der Waals surface area contributed by atoms with Crippen LogP contribution in [0.4, 0.5) is 5.69 Å². The van der Waals surface area contributed by atoms with E-state index < -0.39 is 5.97 Å². The summed E-state index contributed by atoms with van der Waals surface area (Å²) < 4.78 is 20.7. The number of hydrogen-bond acceptors (Lipinski definition) is 6. The van der Waals surface area contributed by atoms with Crippen LogP contribution < -0.4 is 10.5 Å². The maximum Gasteiger partial charge on any atom is 0.339 e. The Labute approximate surface area is 123 Å². The molecule has 1 aromatic carbocycles. The summed E-state index contributed by atoms with van der Waals surface area (Å²) in [4.78, 5) is 11.0. The maximum atomic E-state index is 11.0. The van der Waals surface area contributed by atoms with Crippen molar-refractivity contribution in [3.05, 3.63) is 23.8 Å². The molecule has 0 heterocycles. The summed E-state index contributed by atoms with van der Waals surface area (Å²) in [5.41, 5.74) is 5.96. The monoisotopic (exact) mass is 299 g/mol. The number of ether oxygens (including phenoxy) is 4. The van der Waals surface area contributed by atoms with Crippen molar-refractivity contribution in [3.8, 4) is 5.75 Å². The third kappa shape index (κ3) is 6.94. The van der Waals surface area contributed by atoms with Gasteiger partial charge in [-0.15, -0.1) is 0 Å². The molecule has 0 aliphatic rings. The number of carboxylic acids is 1. The second kappa shape index (κ2) is 9.98. The van der Waals surface area contributed by atoms with E-state index in [2.05, 4.69) is 0 Å². The van der Waals surface area contributed by atoms with E-state index >= 15 is 0 Å². The molecule has 118 valence electrons. The predicted octanol–water partition coefficient (Wildman–Crippen LogP) is 1.03. The van der Waals surface area contributed by atoms with Crippen LogP contribution in [-0.2, 0) is 14.2 Å². The second-order valence-electron chi connectivity index (χ2n) is 4.13. The number of hydrogen-bond donors (Lipinski definition) is 2. The molecule has 21 heavy (non-hydrogen) atoms. The van der Waals surface area contributed by atoms with Gasteiger partial charge in [-0.25, -0.2) is 4.79 Å². The molecular formula is C14H21NO6. The van der Waals surface area contributed by atoms with Crippen LogP contribution in [0.5, 0.6) is 5.75 Å². The van der Waals surface area contributed by atoms with Crippen LogP contribution in [-0.4, -0.2) is 57.8 Å². The zero-order valence-electron chi connectivity index (χ0n) is 12.0. The first-order valence-corrected chi connectivity index (χ1v) is 6.55. The summed E-state index contributed by atoms with van der Waals surface area (Å²) in [6.07, 6.45) is 0. The van der Waals surface area contributed by atoms with Crippen molar-refractivity contribution in [2.45, 2.75) is 0 Å². The molecule has 0 aliphatic carbocycles. The first kappa shape index (κ1) is 17.2. The molecule has 1 rings (SSSR count). The molecule has 0 unspecified atom stereocenters. The molecule has 0 fully saturated rings. The summed E-state index contributed by atoms with van der Waals surface area (Å²) in [5, 5.41) is 9.04. The smallest absolute Gasteiger partial charge is 0.339 e. The van der Waals surface area contributed by atoms with Crippen molar-refractivity contribution in [3.63, 3.8) is 0 Å². The Balaban J connectivity index is 2.20. The van der Waals surface area contributed by atoms with E-state index in [1.165, 1.54) is 12.1 Å². The van der Waals surface area contributed by atoms with Gasteiger partial charge in [0.25, 0.3) is 0 Å². The van der Waals surface area contributed by atoms with Crippen molar-refractivity contribution in [2.24, 2.45) is 0 Å². The fourth-order valence-electron chi connectivity index (χ4n) is 1.52. The summed E-state index contributed by atoms with van der Waals surface area (Å²) in [6.45, 7) is 2.60. The lowest BCUT2D eigenvalue weighted by Crippen LogP contribution is -2.13. The maximum absolute atomic E-state index is 11.0. The van der Waals surface area contributed by atoms with Gasteiger partial charge in [0.1, 0.15) is 17.9 Å². The Morgan fingerprint density at radius 3 is 2.33 bits per heavy atom. The van der Waals surface area contributed by atoms with Crippen LogP contribution in [0, 0.1) is 0 Å². The Morgan fingerprint density at radius 2 is 1.71 bits per heavy atom. The number of nitrogens with two attached hydrogens (primary N) is 1. The molecule has 7 heteroatoms. The number of carboxylic acid groups (broad SMARTS) is 1. The van der Waals surface area contributed by atoms with Crippen LogP contribution in [0.1, 0.15) is 10.4 Å². The van der Waals surface area contributed by atoms with E-state index in [1.807, 2.05) is 0 Å². The Bertz CT molecular complexity index is 437. The van der Waals surface area contributed by atoms with E-state index in [-0.39, 0.29) is 17.9 Å². The standard InChI is InChI=1S/C14H21NO6/c1-18-4-5-19-6-7-20-8-9-21-13-3-2-11(15)10-12(13)14(16)17/h2-3,10H,4-9,15H2,1H3,(H,16,17). The molecule has 1 aromatic rings. The van der Waals surface area contributed by atoms with Gasteiger partial charge in [0.05, 0.1) is 33.0 Å². The van der Waals surface area contributed by atoms with Crippen LogP contribution >= 0.6 is 0 Å². The Hall–Kier alpha value is -1.83. The summed E-state index contributed by atoms with van der Waals surface area (Å²) in [6, 6.07) is 4.49. The fraction of sp³-hybridized carbons (Fsp3) is 0.500. The molecule has 0 radical (unpaired) electrons. The first-order valence-electron chi connectivity index (χ1n) is 6.55. The highest BCUT2D eigenvalue weighted by atomic mass is 16.6. The number of anilines is 1. The highest BCUT2D eigenvalue weighted by Crippen LogP contribution is 2.21. The number of nitrogen functional groups attached to an aromatic ring is 1. The van der Waals surface area contributed by atoms with E-state index in [4.69, 9.17) is 29.8 Å². The minimum absolute atomic E-state index is 0.0397. The Kier molecular flexibility index (Phi) is 8.18. The lowest BCUT2D eigenvalue weighted by molar-refractivity contribution is 0.0178. The van der Waals surface area contributed by atoms with Crippen molar-refractivity contribution in [2.75, 3.05) is 52.5 Å². The van der Waals surface area contributed by atoms with Crippen LogP contribution in [0.3, 0.4) is 0 Å². The minimum atomic E-state index is -1.08. The molecule has 3 N–H and O–H groups in total. The van der Waals surface area contributed by atoms with Gasteiger partial charge in [-0.05, 0) is 18.2 Å². The summed E-state index contributed by atoms with van der Waals surface area (Å²) in [5.74, 6) is -0.804. The predicted molar refractivity (Wildman–Crippen MR) is 76.8 cm³/mol. The first-order chi connectivity index (χ1) is 10.1. The zero-order valence-corrected chi connectivity index (χ0v) is 12.0. The molecule has 0 amide bonds. The van der Waals surface area contributed by atoms with E-state index in [1.54, 1.807) is 13.2 Å². The van der Waals surface area contributed by atoms with Gasteiger partial charge >= 0.3 is 5.97 Å². The van der Waals surface area contributed by atoms with Gasteiger partial charge in [-0.3, -0.25) is 0 Å². The number of aromatic carboxylic acids is 1. The molecule has 0 spiro atoms. The topological polar surface area (TPSA) is 100 Å². The van der Waals surface area contributed by atoms with Gasteiger partial charge < -0.3 is 29.8 Å². The third-order valence-corrected chi connectivity index (χ3v) is 2.52. The summed E-state index contributed by atoms with van der Waals surface area (Å²) >= 11 is 0. The van der Waals surface area contributed by atoms with Crippen LogP contribution in [0.2, 0.25) is 0 Å². The highest BCUT2D eigenvalue weighted by Gasteiger charge is 2.11. The van der Waals surface area contributed by atoms with Crippen LogP contribution in [0.25, 0.3) is 0 Å². The van der Waals surface area contributed by atoms with Crippen molar-refractivity contribution in [1.82, 2.24) is 0 Å². The molecule has 0 saturated heterocycles. The molecule has 0 aliphatic heterocycles. The minimum Gasteiger partial charge on any atom is -0.490 e. The number of carbonyl (C=O) groups is 1. The molecule has 7 nitrogen and oxygen atoms in total. The number of methoxy groups -OCH3 is 1. The van der Waals surface area contributed by atoms with Gasteiger partial charge in [0, 0.05) is 12.8 Å². The summed E-state index contributed by atoms with van der Waals surface area (Å²) in [7, 11) is 1.61. The molecule has 0 aromatic heterocycles. The highest BCUT2D eigenvalue weighted by molar-refractivity contribution is 5.92. The second-order valence-corrected chi connectivity index (χ2v) is 4.13. The van der Waals surface area contributed by atoms with Gasteiger partial charge in [-0.1, -0.05) is 0 Å². The van der Waals surface area contributed by atoms with E-state index in [9.17, 15) is 4.79 Å². The Morgan fingerprint density at radius 1 is 1.10 bits per heavy atom. The lowest BCUT2D eigenvalue weighted by Gasteiger charge is -2.10.